The zero-order chi connectivity index (χ0) is 21.9. The first-order chi connectivity index (χ1) is 15.7. The van der Waals surface area contributed by atoms with Gasteiger partial charge in [-0.2, -0.15) is 0 Å². The average Bonchev–Trinajstić information content (AvgIpc) is 3.18. The van der Waals surface area contributed by atoms with Crippen LogP contribution in [0.3, 0.4) is 0 Å². The van der Waals surface area contributed by atoms with Crippen LogP contribution < -0.4 is 15.1 Å². The largest absolute Gasteiger partial charge is 0.379 e. The van der Waals surface area contributed by atoms with E-state index in [2.05, 4.69) is 25.0 Å². The molecule has 1 N–H and O–H groups in total. The zero-order valence-corrected chi connectivity index (χ0v) is 19.3. The number of anilines is 2. The standard InChI is InChI=1S/C23H37N7O2/c1-27-16-21(31)30(19-3-2-7-24-8-4-19)15-20-22(27)25-17-26-23(20)29-9-5-18(6-10-29)28-11-13-32-14-12-28/h17-19,24H,2-16H2,1H3. The third-order valence-electron chi connectivity index (χ3n) is 7.59. The molecule has 0 saturated carbocycles. The van der Waals surface area contributed by atoms with Crippen molar-refractivity contribution in [2.75, 3.05) is 75.9 Å². The van der Waals surface area contributed by atoms with Crippen LogP contribution in [0.1, 0.15) is 37.7 Å². The minimum atomic E-state index is 0.203. The summed E-state index contributed by atoms with van der Waals surface area (Å²) in [6.07, 6.45) is 7.15. The van der Waals surface area contributed by atoms with Crippen LogP contribution in [-0.4, -0.2) is 104 Å². The SMILES string of the molecule is CN1CC(=O)N(C2CCCNCC2)Cc2c1ncnc2N1CCC(N2CCOCC2)CC1. The van der Waals surface area contributed by atoms with Crippen molar-refractivity contribution in [1.82, 2.24) is 25.1 Å². The molecule has 5 rings (SSSR count). The van der Waals surface area contributed by atoms with E-state index in [0.717, 1.165) is 102 Å². The van der Waals surface area contributed by atoms with Crippen LogP contribution in [0.4, 0.5) is 11.6 Å². The highest BCUT2D eigenvalue weighted by molar-refractivity contribution is 5.84. The number of piperidine rings is 1. The molecule has 1 amide bonds. The molecule has 1 unspecified atom stereocenters. The number of carbonyl (C=O) groups excluding carboxylic acids is 1. The first kappa shape index (κ1) is 21.9. The molecule has 1 aromatic heterocycles. The molecular weight excluding hydrogens is 406 g/mol. The van der Waals surface area contributed by atoms with Crippen LogP contribution in [0.15, 0.2) is 6.33 Å². The number of fused-ring (bicyclic) bond motifs is 1. The molecule has 0 radical (unpaired) electrons. The molecule has 1 aromatic rings. The molecule has 3 saturated heterocycles. The summed E-state index contributed by atoms with van der Waals surface area (Å²) in [5.74, 6) is 2.14. The fraction of sp³-hybridized carbons (Fsp3) is 0.783. The normalized spacial score (nSPS) is 26.6. The van der Waals surface area contributed by atoms with Crippen molar-refractivity contribution >= 4 is 17.5 Å². The van der Waals surface area contributed by atoms with Crippen LogP contribution in [0, 0.1) is 0 Å². The molecule has 1 atom stereocenters. The lowest BCUT2D eigenvalue weighted by Crippen LogP contribution is -2.49. The molecule has 4 aliphatic rings. The first-order valence-corrected chi connectivity index (χ1v) is 12.3. The molecule has 32 heavy (non-hydrogen) atoms. The summed E-state index contributed by atoms with van der Waals surface area (Å²) >= 11 is 0. The quantitative estimate of drug-likeness (QED) is 0.732. The number of likely N-dealkylation sites (N-methyl/N-ethyl adjacent to an activating group) is 1. The van der Waals surface area contributed by atoms with E-state index in [1.807, 2.05) is 11.9 Å². The Morgan fingerprint density at radius 1 is 0.938 bits per heavy atom. The highest BCUT2D eigenvalue weighted by Crippen LogP contribution is 2.33. The van der Waals surface area contributed by atoms with Crippen LogP contribution in [-0.2, 0) is 16.1 Å². The summed E-state index contributed by atoms with van der Waals surface area (Å²) in [4.78, 5) is 31.7. The van der Waals surface area contributed by atoms with Gasteiger partial charge in [0.2, 0.25) is 5.91 Å². The van der Waals surface area contributed by atoms with Gasteiger partial charge in [-0.05, 0) is 45.2 Å². The number of nitrogens with zero attached hydrogens (tertiary/aromatic N) is 6. The first-order valence-electron chi connectivity index (χ1n) is 12.3. The average molecular weight is 444 g/mol. The minimum absolute atomic E-state index is 0.203. The fourth-order valence-corrected chi connectivity index (χ4v) is 5.79. The zero-order valence-electron chi connectivity index (χ0n) is 19.3. The lowest BCUT2D eigenvalue weighted by molar-refractivity contribution is -0.132. The van der Waals surface area contributed by atoms with Gasteiger partial charge in [0.05, 0.1) is 31.9 Å². The molecule has 9 heteroatoms. The van der Waals surface area contributed by atoms with Crippen molar-refractivity contribution in [1.29, 1.82) is 0 Å². The maximum Gasteiger partial charge on any atom is 0.242 e. The summed E-state index contributed by atoms with van der Waals surface area (Å²) in [7, 11) is 1.98. The Bertz CT molecular complexity index is 785. The van der Waals surface area contributed by atoms with Gasteiger partial charge in [-0.1, -0.05) is 0 Å². The highest BCUT2D eigenvalue weighted by atomic mass is 16.5. The molecule has 9 nitrogen and oxygen atoms in total. The van der Waals surface area contributed by atoms with Gasteiger partial charge in [0, 0.05) is 45.3 Å². The third kappa shape index (κ3) is 4.56. The minimum Gasteiger partial charge on any atom is -0.379 e. The van der Waals surface area contributed by atoms with Crippen molar-refractivity contribution in [3.63, 3.8) is 0 Å². The number of amides is 1. The number of nitrogens with one attached hydrogen (secondary N) is 1. The molecule has 0 aliphatic carbocycles. The summed E-state index contributed by atoms with van der Waals surface area (Å²) in [6.45, 7) is 8.81. The van der Waals surface area contributed by atoms with E-state index in [4.69, 9.17) is 9.72 Å². The van der Waals surface area contributed by atoms with E-state index in [1.54, 1.807) is 6.33 Å². The van der Waals surface area contributed by atoms with E-state index in [0.29, 0.717) is 19.1 Å². The van der Waals surface area contributed by atoms with Crippen molar-refractivity contribution < 1.29 is 9.53 Å². The second-order valence-electron chi connectivity index (χ2n) is 9.58. The number of hydrogen-bond acceptors (Lipinski definition) is 8. The Balaban J connectivity index is 1.35. The van der Waals surface area contributed by atoms with E-state index in [1.165, 1.54) is 0 Å². The number of morpholine rings is 1. The van der Waals surface area contributed by atoms with Crippen molar-refractivity contribution in [3.8, 4) is 0 Å². The van der Waals surface area contributed by atoms with Crippen LogP contribution in [0.2, 0.25) is 0 Å². The molecule has 0 spiro atoms. The predicted octanol–water partition coefficient (Wildman–Crippen LogP) is 0.698. The van der Waals surface area contributed by atoms with Gasteiger partial charge >= 0.3 is 0 Å². The summed E-state index contributed by atoms with van der Waals surface area (Å²) < 4.78 is 5.53. The second-order valence-corrected chi connectivity index (χ2v) is 9.58. The fourth-order valence-electron chi connectivity index (χ4n) is 5.79. The van der Waals surface area contributed by atoms with E-state index < -0.39 is 0 Å². The molecule has 5 heterocycles. The van der Waals surface area contributed by atoms with Gasteiger partial charge in [0.15, 0.2) is 0 Å². The van der Waals surface area contributed by atoms with Crippen molar-refractivity contribution in [2.45, 2.75) is 50.7 Å². The molecule has 0 aromatic carbocycles. The molecule has 3 fully saturated rings. The van der Waals surface area contributed by atoms with E-state index in [-0.39, 0.29) is 11.9 Å². The van der Waals surface area contributed by atoms with Crippen molar-refractivity contribution in [3.05, 3.63) is 11.9 Å². The smallest absolute Gasteiger partial charge is 0.242 e. The van der Waals surface area contributed by atoms with Gasteiger partial charge in [-0.3, -0.25) is 9.69 Å². The lowest BCUT2D eigenvalue weighted by Gasteiger charge is -2.41. The Hall–Kier alpha value is -1.97. The monoisotopic (exact) mass is 443 g/mol. The van der Waals surface area contributed by atoms with Crippen molar-refractivity contribution in [2.24, 2.45) is 0 Å². The molecule has 4 aliphatic heterocycles. The van der Waals surface area contributed by atoms with Crippen LogP contribution in [0.5, 0.6) is 0 Å². The summed E-state index contributed by atoms with van der Waals surface area (Å²) in [5, 5.41) is 3.48. The summed E-state index contributed by atoms with van der Waals surface area (Å²) in [6, 6.07) is 0.923. The topological polar surface area (TPSA) is 77.1 Å². The Labute approximate surface area is 191 Å². The summed E-state index contributed by atoms with van der Waals surface area (Å²) in [5.41, 5.74) is 1.11. The number of rotatable bonds is 3. The van der Waals surface area contributed by atoms with Gasteiger partial charge in [-0.25, -0.2) is 9.97 Å². The Morgan fingerprint density at radius 3 is 2.53 bits per heavy atom. The Kier molecular flexibility index (Phi) is 6.75. The Morgan fingerprint density at radius 2 is 1.72 bits per heavy atom. The maximum atomic E-state index is 13.2. The highest BCUT2D eigenvalue weighted by Gasteiger charge is 2.34. The molecule has 176 valence electrons. The lowest BCUT2D eigenvalue weighted by atomic mass is 10.0. The molecular formula is C23H37N7O2. The number of ether oxygens (including phenoxy) is 1. The molecule has 0 bridgehead atoms. The van der Waals surface area contributed by atoms with Gasteiger partial charge in [0.25, 0.3) is 0 Å². The van der Waals surface area contributed by atoms with E-state index in [9.17, 15) is 4.79 Å². The van der Waals surface area contributed by atoms with E-state index >= 15 is 0 Å². The number of carbonyl (C=O) groups is 1. The van der Waals surface area contributed by atoms with Gasteiger partial charge in [0.1, 0.15) is 18.0 Å². The van der Waals surface area contributed by atoms with Crippen LogP contribution in [0.25, 0.3) is 0 Å². The third-order valence-corrected chi connectivity index (χ3v) is 7.59. The number of hydrogen-bond donors (Lipinski definition) is 1. The predicted molar refractivity (Wildman–Crippen MR) is 124 cm³/mol. The van der Waals surface area contributed by atoms with Gasteiger partial charge < -0.3 is 24.8 Å². The number of aromatic nitrogens is 2. The second kappa shape index (κ2) is 9.89. The van der Waals surface area contributed by atoms with Crippen LogP contribution >= 0.6 is 0 Å². The maximum absolute atomic E-state index is 13.2. The van der Waals surface area contributed by atoms with Gasteiger partial charge in [-0.15, -0.1) is 0 Å².